The van der Waals surface area contributed by atoms with E-state index in [0.717, 1.165) is 11.9 Å². The molecule has 0 bridgehead atoms. The van der Waals surface area contributed by atoms with Crippen LogP contribution in [0, 0.1) is 5.92 Å². The predicted octanol–water partition coefficient (Wildman–Crippen LogP) is 3.53. The summed E-state index contributed by atoms with van der Waals surface area (Å²) in [4.78, 5) is 4.37. The van der Waals surface area contributed by atoms with Gasteiger partial charge in [0.2, 0.25) is 5.89 Å². The van der Waals surface area contributed by atoms with Crippen LogP contribution < -0.4 is 5.73 Å². The number of rotatable bonds is 3. The van der Waals surface area contributed by atoms with E-state index >= 15 is 0 Å². The Hall–Kier alpha value is -1.06. The Morgan fingerprint density at radius 2 is 2.25 bits per heavy atom. The van der Waals surface area contributed by atoms with E-state index < -0.39 is 0 Å². The van der Waals surface area contributed by atoms with Crippen molar-refractivity contribution in [2.75, 3.05) is 0 Å². The summed E-state index contributed by atoms with van der Waals surface area (Å²) in [5, 5.41) is 0.576. The van der Waals surface area contributed by atoms with Crippen LogP contribution in [0.4, 0.5) is 0 Å². The van der Waals surface area contributed by atoms with Crippen LogP contribution in [-0.4, -0.2) is 4.98 Å². The number of fused-ring (bicyclic) bond motifs is 1. The van der Waals surface area contributed by atoms with E-state index in [9.17, 15) is 0 Å². The van der Waals surface area contributed by atoms with Gasteiger partial charge in [-0.15, -0.1) is 0 Å². The van der Waals surface area contributed by atoms with Gasteiger partial charge in [0.1, 0.15) is 5.52 Å². The minimum absolute atomic E-state index is 0.173. The minimum atomic E-state index is -0.173. The number of halogens is 1. The molecule has 0 radical (unpaired) electrons. The fraction of sp³-hybridized carbons (Fsp3) is 0.417. The smallest absolute Gasteiger partial charge is 0.212 e. The number of oxazole rings is 1. The van der Waals surface area contributed by atoms with Crippen molar-refractivity contribution in [2.45, 2.75) is 26.3 Å². The van der Waals surface area contributed by atoms with Gasteiger partial charge in [0.25, 0.3) is 0 Å². The second-order valence-corrected chi connectivity index (χ2v) is 4.46. The van der Waals surface area contributed by atoms with Crippen LogP contribution in [0.2, 0.25) is 5.02 Å². The molecule has 0 saturated carbocycles. The Bertz CT molecular complexity index is 495. The molecule has 86 valence electrons. The van der Waals surface area contributed by atoms with E-state index in [1.807, 2.05) is 12.1 Å². The highest BCUT2D eigenvalue weighted by Gasteiger charge is 2.19. The van der Waals surface area contributed by atoms with Crippen LogP contribution in [0.3, 0.4) is 0 Å². The number of nitrogens with two attached hydrogens (primary N) is 1. The highest BCUT2D eigenvalue weighted by Crippen LogP contribution is 2.28. The number of para-hydroxylation sites is 1. The molecule has 0 aliphatic rings. The van der Waals surface area contributed by atoms with Crippen LogP contribution in [0.25, 0.3) is 11.1 Å². The van der Waals surface area contributed by atoms with Crippen molar-refractivity contribution < 1.29 is 4.42 Å². The highest BCUT2D eigenvalue weighted by molar-refractivity contribution is 6.34. The van der Waals surface area contributed by atoms with Gasteiger partial charge >= 0.3 is 0 Å². The van der Waals surface area contributed by atoms with Crippen molar-refractivity contribution in [3.8, 4) is 0 Å². The van der Waals surface area contributed by atoms with E-state index in [0.29, 0.717) is 22.4 Å². The molecular weight excluding hydrogens is 224 g/mol. The second-order valence-electron chi connectivity index (χ2n) is 4.05. The molecule has 0 aliphatic heterocycles. The van der Waals surface area contributed by atoms with Gasteiger partial charge in [-0.1, -0.05) is 37.9 Å². The number of hydrogen-bond donors (Lipinski definition) is 1. The van der Waals surface area contributed by atoms with Crippen molar-refractivity contribution in [2.24, 2.45) is 11.7 Å². The summed E-state index contributed by atoms with van der Waals surface area (Å²) >= 11 is 6.01. The first-order valence-electron chi connectivity index (χ1n) is 5.44. The zero-order valence-electron chi connectivity index (χ0n) is 9.40. The summed E-state index contributed by atoms with van der Waals surface area (Å²) in [7, 11) is 0. The number of hydrogen-bond acceptors (Lipinski definition) is 3. The fourth-order valence-corrected chi connectivity index (χ4v) is 1.78. The van der Waals surface area contributed by atoms with Gasteiger partial charge in [-0.25, -0.2) is 4.98 Å². The molecular formula is C12H15ClN2O. The highest BCUT2D eigenvalue weighted by atomic mass is 35.5. The predicted molar refractivity (Wildman–Crippen MR) is 65.4 cm³/mol. The molecule has 4 heteroatoms. The molecule has 16 heavy (non-hydrogen) atoms. The summed E-state index contributed by atoms with van der Waals surface area (Å²) in [6, 6.07) is 5.34. The third kappa shape index (κ3) is 1.93. The molecule has 2 atom stereocenters. The molecule has 0 amide bonds. The largest absolute Gasteiger partial charge is 0.437 e. The maximum Gasteiger partial charge on any atom is 0.212 e. The van der Waals surface area contributed by atoms with Crippen LogP contribution in [0.5, 0.6) is 0 Å². The molecule has 2 rings (SSSR count). The molecule has 2 N–H and O–H groups in total. The van der Waals surface area contributed by atoms with E-state index in [4.69, 9.17) is 21.8 Å². The van der Waals surface area contributed by atoms with Gasteiger partial charge in [-0.05, 0) is 18.1 Å². The first-order valence-corrected chi connectivity index (χ1v) is 5.81. The summed E-state index contributed by atoms with van der Waals surface area (Å²) in [5.41, 5.74) is 7.45. The van der Waals surface area contributed by atoms with Crippen LogP contribution in [0.1, 0.15) is 32.2 Å². The summed E-state index contributed by atoms with van der Waals surface area (Å²) < 4.78 is 5.62. The molecule has 2 aromatic rings. The third-order valence-corrected chi connectivity index (χ3v) is 3.22. The minimum Gasteiger partial charge on any atom is -0.437 e. The fourth-order valence-electron chi connectivity index (χ4n) is 1.57. The molecule has 0 fully saturated rings. The lowest BCUT2D eigenvalue weighted by Crippen LogP contribution is -2.18. The Kier molecular flexibility index (Phi) is 3.17. The van der Waals surface area contributed by atoms with E-state index in [-0.39, 0.29) is 6.04 Å². The molecule has 0 spiro atoms. The Labute approximate surface area is 99.6 Å². The molecule has 3 nitrogen and oxygen atoms in total. The topological polar surface area (TPSA) is 52.0 Å². The first-order chi connectivity index (χ1) is 7.63. The summed E-state index contributed by atoms with van der Waals surface area (Å²) in [6.45, 7) is 4.18. The van der Waals surface area contributed by atoms with Gasteiger partial charge in [0, 0.05) is 0 Å². The van der Waals surface area contributed by atoms with Gasteiger partial charge in [-0.3, -0.25) is 0 Å². The maximum atomic E-state index is 6.06. The van der Waals surface area contributed by atoms with Crippen LogP contribution in [-0.2, 0) is 0 Å². The summed E-state index contributed by atoms with van der Waals surface area (Å²) in [5.74, 6) is 0.907. The molecule has 1 aromatic heterocycles. The van der Waals surface area contributed by atoms with Crippen molar-refractivity contribution in [3.05, 3.63) is 29.1 Å². The van der Waals surface area contributed by atoms with E-state index in [1.165, 1.54) is 0 Å². The zero-order valence-corrected chi connectivity index (χ0v) is 10.2. The van der Waals surface area contributed by atoms with Crippen LogP contribution >= 0.6 is 11.6 Å². The Balaban J connectivity index is 2.43. The standard InChI is InChI=1S/C12H15ClN2O/c1-3-7(2)10(14)12-15-9-6-4-5-8(13)11(9)16-12/h4-7,10H,3,14H2,1-2H3. The molecule has 0 aliphatic carbocycles. The first kappa shape index (κ1) is 11.4. The van der Waals surface area contributed by atoms with Gasteiger partial charge in [0.05, 0.1) is 11.1 Å². The molecule has 0 saturated heterocycles. The zero-order chi connectivity index (χ0) is 11.7. The SMILES string of the molecule is CCC(C)C(N)c1nc2cccc(Cl)c2o1. The lowest BCUT2D eigenvalue weighted by atomic mass is 10.0. The lowest BCUT2D eigenvalue weighted by molar-refractivity contribution is 0.375. The molecule has 1 aromatic carbocycles. The average molecular weight is 239 g/mol. The number of aromatic nitrogens is 1. The summed E-state index contributed by atoms with van der Waals surface area (Å²) in [6.07, 6.45) is 0.994. The maximum absolute atomic E-state index is 6.06. The monoisotopic (exact) mass is 238 g/mol. The quantitative estimate of drug-likeness (QED) is 0.890. The average Bonchev–Trinajstić information content (AvgIpc) is 2.72. The lowest BCUT2D eigenvalue weighted by Gasteiger charge is -2.13. The molecule has 1 heterocycles. The van der Waals surface area contributed by atoms with E-state index in [2.05, 4.69) is 18.8 Å². The van der Waals surface area contributed by atoms with Crippen molar-refractivity contribution >= 4 is 22.7 Å². The second kappa shape index (κ2) is 4.44. The van der Waals surface area contributed by atoms with Gasteiger partial charge in [0.15, 0.2) is 5.58 Å². The van der Waals surface area contributed by atoms with Gasteiger partial charge in [-0.2, -0.15) is 0 Å². The number of nitrogens with zero attached hydrogens (tertiary/aromatic N) is 1. The Morgan fingerprint density at radius 1 is 1.50 bits per heavy atom. The van der Waals surface area contributed by atoms with Crippen molar-refractivity contribution in [1.29, 1.82) is 0 Å². The number of benzene rings is 1. The molecule has 2 unspecified atom stereocenters. The van der Waals surface area contributed by atoms with Crippen molar-refractivity contribution in [1.82, 2.24) is 4.98 Å². The normalized spacial score (nSPS) is 15.2. The third-order valence-electron chi connectivity index (χ3n) is 2.93. The van der Waals surface area contributed by atoms with Crippen molar-refractivity contribution in [3.63, 3.8) is 0 Å². The van der Waals surface area contributed by atoms with Crippen LogP contribution in [0.15, 0.2) is 22.6 Å². The van der Waals surface area contributed by atoms with E-state index in [1.54, 1.807) is 6.07 Å². The Morgan fingerprint density at radius 3 is 2.88 bits per heavy atom. The van der Waals surface area contributed by atoms with Gasteiger partial charge < -0.3 is 10.2 Å².